The van der Waals surface area contributed by atoms with Crippen LogP contribution in [0.5, 0.6) is 0 Å². The minimum atomic E-state index is 0.256. The standard InChI is InChI=1S/C18H29N3OS/c1-15(2)13-21-10-11-22-17(14-21)12-20-18(23)19-9-8-16-6-4-3-5-7-16/h3-7,15,17H,8-14H2,1-2H3,(H2,19,20,23)/p+1/t17-/m0/s1. The Bertz CT molecular complexity index is 467. The molecule has 1 fully saturated rings. The highest BCUT2D eigenvalue weighted by molar-refractivity contribution is 7.80. The molecule has 1 aliphatic heterocycles. The summed E-state index contributed by atoms with van der Waals surface area (Å²) in [4.78, 5) is 1.64. The number of hydrogen-bond donors (Lipinski definition) is 3. The highest BCUT2D eigenvalue weighted by atomic mass is 32.1. The lowest BCUT2D eigenvalue weighted by Crippen LogP contribution is -3.15. The maximum atomic E-state index is 5.84. The van der Waals surface area contributed by atoms with Crippen LogP contribution in [0.15, 0.2) is 30.3 Å². The molecule has 1 aromatic rings. The van der Waals surface area contributed by atoms with E-state index >= 15 is 0 Å². The Balaban J connectivity index is 1.60. The molecule has 23 heavy (non-hydrogen) atoms. The Morgan fingerprint density at radius 1 is 1.30 bits per heavy atom. The molecule has 1 aromatic carbocycles. The Morgan fingerprint density at radius 3 is 2.83 bits per heavy atom. The number of morpholine rings is 1. The van der Waals surface area contributed by atoms with Gasteiger partial charge in [-0.3, -0.25) is 0 Å². The molecule has 4 nitrogen and oxygen atoms in total. The average molecular weight is 337 g/mol. The van der Waals surface area contributed by atoms with Gasteiger partial charge in [-0.1, -0.05) is 44.2 Å². The molecule has 0 bridgehead atoms. The zero-order chi connectivity index (χ0) is 16.5. The summed E-state index contributed by atoms with van der Waals surface area (Å²) in [6, 6.07) is 10.5. The van der Waals surface area contributed by atoms with Crippen LogP contribution in [0.25, 0.3) is 0 Å². The van der Waals surface area contributed by atoms with Crippen LogP contribution in [0.2, 0.25) is 0 Å². The van der Waals surface area contributed by atoms with Crippen molar-refractivity contribution < 1.29 is 9.64 Å². The monoisotopic (exact) mass is 336 g/mol. The summed E-state index contributed by atoms with van der Waals surface area (Å²) in [5, 5.41) is 7.29. The number of thiocarbonyl (C=S) groups is 1. The van der Waals surface area contributed by atoms with E-state index in [0.717, 1.165) is 50.2 Å². The second-order valence-corrected chi connectivity index (χ2v) is 7.08. The Labute approximate surface area is 145 Å². The Kier molecular flexibility index (Phi) is 7.79. The van der Waals surface area contributed by atoms with Crippen LogP contribution in [0.1, 0.15) is 19.4 Å². The Hall–Kier alpha value is -1.17. The van der Waals surface area contributed by atoms with Crippen molar-refractivity contribution in [2.75, 3.05) is 39.3 Å². The molecule has 0 aromatic heterocycles. The molecule has 2 atom stereocenters. The molecule has 1 aliphatic rings. The lowest BCUT2D eigenvalue weighted by molar-refractivity contribution is -0.914. The molecular weight excluding hydrogens is 306 g/mol. The first-order valence-corrected chi connectivity index (χ1v) is 9.05. The molecule has 128 valence electrons. The molecular formula is C18H30N3OS+. The fraction of sp³-hybridized carbons (Fsp3) is 0.611. The zero-order valence-electron chi connectivity index (χ0n) is 14.3. The SMILES string of the molecule is CC(C)C[NH+]1CCO[C@@H](CNC(=S)NCCc2ccccc2)C1. The quantitative estimate of drug-likeness (QED) is 0.639. The largest absolute Gasteiger partial charge is 0.365 e. The van der Waals surface area contributed by atoms with Crippen LogP contribution in [-0.2, 0) is 11.2 Å². The molecule has 0 amide bonds. The number of hydrogen-bond acceptors (Lipinski definition) is 2. The lowest BCUT2D eigenvalue weighted by Gasteiger charge is -2.31. The van der Waals surface area contributed by atoms with Gasteiger partial charge in [0.25, 0.3) is 0 Å². The van der Waals surface area contributed by atoms with Crippen LogP contribution in [-0.4, -0.2) is 50.5 Å². The normalized spacial score (nSPS) is 21.2. The van der Waals surface area contributed by atoms with Gasteiger partial charge >= 0.3 is 0 Å². The van der Waals surface area contributed by atoms with E-state index in [4.69, 9.17) is 17.0 Å². The van der Waals surface area contributed by atoms with E-state index in [1.165, 1.54) is 12.1 Å². The van der Waals surface area contributed by atoms with Crippen molar-refractivity contribution in [1.82, 2.24) is 10.6 Å². The molecule has 2 rings (SSSR count). The van der Waals surface area contributed by atoms with Crippen molar-refractivity contribution >= 4 is 17.3 Å². The maximum absolute atomic E-state index is 5.84. The van der Waals surface area contributed by atoms with Crippen molar-refractivity contribution in [3.05, 3.63) is 35.9 Å². The van der Waals surface area contributed by atoms with Gasteiger partial charge in [0.1, 0.15) is 19.2 Å². The summed E-state index contributed by atoms with van der Waals surface area (Å²) in [5.74, 6) is 0.734. The third-order valence-corrected chi connectivity index (χ3v) is 4.34. The van der Waals surface area contributed by atoms with Gasteiger partial charge in [0, 0.05) is 19.0 Å². The molecule has 1 heterocycles. The fourth-order valence-corrected chi connectivity index (χ4v) is 3.17. The fourth-order valence-electron chi connectivity index (χ4n) is 2.98. The van der Waals surface area contributed by atoms with Crippen LogP contribution in [0.4, 0.5) is 0 Å². The van der Waals surface area contributed by atoms with Crippen LogP contribution >= 0.6 is 12.2 Å². The first kappa shape index (κ1) is 18.2. The van der Waals surface area contributed by atoms with Gasteiger partial charge in [-0.25, -0.2) is 0 Å². The summed E-state index contributed by atoms with van der Waals surface area (Å²) in [7, 11) is 0. The molecule has 0 aliphatic carbocycles. The maximum Gasteiger partial charge on any atom is 0.166 e. The second kappa shape index (κ2) is 9.85. The number of quaternary nitrogens is 1. The van der Waals surface area contributed by atoms with E-state index in [1.807, 2.05) is 6.07 Å². The number of rotatable bonds is 7. The highest BCUT2D eigenvalue weighted by Gasteiger charge is 2.24. The van der Waals surface area contributed by atoms with Gasteiger partial charge in [-0.05, 0) is 24.2 Å². The summed E-state index contributed by atoms with van der Waals surface area (Å²) < 4.78 is 5.84. The van der Waals surface area contributed by atoms with Crippen molar-refractivity contribution in [3.63, 3.8) is 0 Å². The van der Waals surface area contributed by atoms with Crippen LogP contribution < -0.4 is 15.5 Å². The third-order valence-electron chi connectivity index (χ3n) is 4.05. The van der Waals surface area contributed by atoms with E-state index in [-0.39, 0.29) is 6.10 Å². The minimum absolute atomic E-state index is 0.256. The molecule has 0 radical (unpaired) electrons. The highest BCUT2D eigenvalue weighted by Crippen LogP contribution is 1.98. The van der Waals surface area contributed by atoms with Gasteiger partial charge in [0.2, 0.25) is 0 Å². The smallest absolute Gasteiger partial charge is 0.166 e. The number of nitrogens with one attached hydrogen (secondary N) is 3. The van der Waals surface area contributed by atoms with E-state index < -0.39 is 0 Å². The van der Waals surface area contributed by atoms with Gasteiger partial charge in [-0.2, -0.15) is 0 Å². The van der Waals surface area contributed by atoms with Gasteiger partial charge < -0.3 is 20.3 Å². The molecule has 0 spiro atoms. The van der Waals surface area contributed by atoms with Crippen LogP contribution in [0, 0.1) is 5.92 Å². The van der Waals surface area contributed by atoms with Crippen molar-refractivity contribution in [2.45, 2.75) is 26.4 Å². The summed E-state index contributed by atoms with van der Waals surface area (Å²) in [6.07, 6.45) is 1.24. The summed E-state index contributed by atoms with van der Waals surface area (Å²) in [5.41, 5.74) is 1.33. The summed E-state index contributed by atoms with van der Waals surface area (Å²) >= 11 is 5.35. The van der Waals surface area contributed by atoms with Gasteiger partial charge in [0.05, 0.1) is 13.2 Å². The van der Waals surface area contributed by atoms with E-state index in [0.29, 0.717) is 0 Å². The number of benzene rings is 1. The van der Waals surface area contributed by atoms with Crippen LogP contribution in [0.3, 0.4) is 0 Å². The van der Waals surface area contributed by atoms with Crippen molar-refractivity contribution in [2.24, 2.45) is 5.92 Å². The minimum Gasteiger partial charge on any atom is -0.365 e. The zero-order valence-corrected chi connectivity index (χ0v) is 15.1. The molecule has 3 N–H and O–H groups in total. The third kappa shape index (κ3) is 7.29. The van der Waals surface area contributed by atoms with E-state index in [9.17, 15) is 0 Å². The van der Waals surface area contributed by atoms with Gasteiger partial charge in [0.15, 0.2) is 5.11 Å². The van der Waals surface area contributed by atoms with E-state index in [1.54, 1.807) is 4.90 Å². The average Bonchev–Trinajstić information content (AvgIpc) is 2.54. The lowest BCUT2D eigenvalue weighted by atomic mass is 10.1. The summed E-state index contributed by atoms with van der Waals surface area (Å²) in [6.45, 7) is 10.5. The molecule has 1 saturated heterocycles. The first-order valence-electron chi connectivity index (χ1n) is 8.64. The van der Waals surface area contributed by atoms with Crippen molar-refractivity contribution in [3.8, 4) is 0 Å². The molecule has 5 heteroatoms. The Morgan fingerprint density at radius 2 is 2.09 bits per heavy atom. The molecule has 1 unspecified atom stereocenters. The predicted molar refractivity (Wildman–Crippen MR) is 98.9 cm³/mol. The number of ether oxygens (including phenoxy) is 1. The van der Waals surface area contributed by atoms with E-state index in [2.05, 4.69) is 48.7 Å². The molecule has 0 saturated carbocycles. The topological polar surface area (TPSA) is 37.7 Å². The van der Waals surface area contributed by atoms with Gasteiger partial charge in [-0.15, -0.1) is 0 Å². The van der Waals surface area contributed by atoms with Crippen molar-refractivity contribution in [1.29, 1.82) is 0 Å². The first-order chi connectivity index (χ1) is 11.1. The predicted octanol–water partition coefficient (Wildman–Crippen LogP) is 0.633. The second-order valence-electron chi connectivity index (χ2n) is 6.67.